The Balaban J connectivity index is 1.52. The summed E-state index contributed by atoms with van der Waals surface area (Å²) >= 11 is 1.67. The number of carbonyl (C=O) groups excluding carboxylic acids is 2. The normalized spacial score (nSPS) is 18.6. The predicted octanol–water partition coefficient (Wildman–Crippen LogP) is 3.58. The minimum Gasteiger partial charge on any atom is -0.378 e. The number of thiophene rings is 1. The number of morpholine rings is 1. The standard InChI is InChI=1S/C26H31N3O3S/c1-26(2,3)18-9-7-17(8-10-18)24-23-19-5-4-6-20(19)33-25(23)29(21(30)15-27-24)16-22(31)28-11-13-32-14-12-28/h7-10H,4-6,11-16H2,1-3H3. The molecule has 2 amide bonds. The van der Waals surface area contributed by atoms with Crippen LogP contribution in [-0.2, 0) is 32.6 Å². The average molecular weight is 466 g/mol. The molecule has 2 aliphatic heterocycles. The number of rotatable bonds is 3. The minimum atomic E-state index is -0.112. The Kier molecular flexibility index (Phi) is 5.87. The Hall–Kier alpha value is -2.51. The van der Waals surface area contributed by atoms with Crippen LogP contribution in [0.5, 0.6) is 0 Å². The fourth-order valence-electron chi connectivity index (χ4n) is 4.82. The second kappa shape index (κ2) is 8.69. The molecule has 174 valence electrons. The second-order valence-electron chi connectivity index (χ2n) is 10.0. The molecule has 1 fully saturated rings. The molecule has 0 bridgehead atoms. The van der Waals surface area contributed by atoms with Crippen LogP contribution in [-0.4, -0.2) is 61.8 Å². The summed E-state index contributed by atoms with van der Waals surface area (Å²) in [5.74, 6) is -0.136. The third-order valence-corrected chi connectivity index (χ3v) is 8.05. The number of benzene rings is 1. The van der Waals surface area contributed by atoms with E-state index in [1.807, 2.05) is 0 Å². The Bertz CT molecular complexity index is 1110. The first-order valence-corrected chi connectivity index (χ1v) is 12.6. The smallest absolute Gasteiger partial charge is 0.249 e. The van der Waals surface area contributed by atoms with Gasteiger partial charge in [0.15, 0.2) is 0 Å². The molecule has 0 unspecified atom stereocenters. The third kappa shape index (κ3) is 4.24. The number of nitrogens with zero attached hydrogens (tertiary/aromatic N) is 3. The highest BCUT2D eigenvalue weighted by Crippen LogP contribution is 2.43. The van der Waals surface area contributed by atoms with Gasteiger partial charge in [0.2, 0.25) is 11.8 Å². The summed E-state index contributed by atoms with van der Waals surface area (Å²) in [5.41, 5.74) is 5.64. The van der Waals surface area contributed by atoms with Crippen molar-refractivity contribution in [1.82, 2.24) is 4.90 Å². The lowest BCUT2D eigenvalue weighted by atomic mass is 9.86. The molecule has 0 saturated carbocycles. The molecule has 2 aromatic rings. The first-order valence-electron chi connectivity index (χ1n) is 11.8. The Morgan fingerprint density at radius 2 is 1.85 bits per heavy atom. The first-order chi connectivity index (χ1) is 15.8. The highest BCUT2D eigenvalue weighted by Gasteiger charge is 2.34. The summed E-state index contributed by atoms with van der Waals surface area (Å²) in [4.78, 5) is 35.9. The lowest BCUT2D eigenvalue weighted by molar-refractivity contribution is -0.134. The van der Waals surface area contributed by atoms with Crippen molar-refractivity contribution in [1.29, 1.82) is 0 Å². The van der Waals surface area contributed by atoms with E-state index in [0.717, 1.165) is 41.1 Å². The number of anilines is 1. The molecule has 33 heavy (non-hydrogen) atoms. The second-order valence-corrected chi connectivity index (χ2v) is 11.1. The number of hydrogen-bond donors (Lipinski definition) is 0. The molecule has 1 aliphatic carbocycles. The van der Waals surface area contributed by atoms with E-state index >= 15 is 0 Å². The van der Waals surface area contributed by atoms with Crippen molar-refractivity contribution in [3.05, 3.63) is 51.4 Å². The lowest BCUT2D eigenvalue weighted by Crippen LogP contribution is -2.47. The molecule has 3 aliphatic rings. The Labute approximate surface area is 199 Å². The quantitative estimate of drug-likeness (QED) is 0.696. The van der Waals surface area contributed by atoms with Gasteiger partial charge in [-0.05, 0) is 35.8 Å². The van der Waals surface area contributed by atoms with Crippen molar-refractivity contribution in [3.63, 3.8) is 0 Å². The summed E-state index contributed by atoms with van der Waals surface area (Å²) < 4.78 is 5.38. The van der Waals surface area contributed by atoms with Crippen LogP contribution in [0.1, 0.15) is 54.3 Å². The van der Waals surface area contributed by atoms with Gasteiger partial charge in [-0.15, -0.1) is 11.3 Å². The van der Waals surface area contributed by atoms with Gasteiger partial charge in [-0.25, -0.2) is 0 Å². The van der Waals surface area contributed by atoms with Crippen LogP contribution in [0.25, 0.3) is 0 Å². The molecule has 0 radical (unpaired) electrons. The van der Waals surface area contributed by atoms with E-state index in [-0.39, 0.29) is 30.3 Å². The average Bonchev–Trinajstić information content (AvgIpc) is 3.36. The van der Waals surface area contributed by atoms with Crippen LogP contribution < -0.4 is 4.90 Å². The topological polar surface area (TPSA) is 62.2 Å². The molecule has 1 saturated heterocycles. The van der Waals surface area contributed by atoms with E-state index in [4.69, 9.17) is 9.73 Å². The van der Waals surface area contributed by atoms with Crippen LogP contribution in [0.2, 0.25) is 0 Å². The molecular formula is C26H31N3O3S. The van der Waals surface area contributed by atoms with Gasteiger partial charge in [0.1, 0.15) is 18.1 Å². The fourth-order valence-corrected chi connectivity index (χ4v) is 6.23. The SMILES string of the molecule is CC(C)(C)c1ccc(C2=NCC(=O)N(CC(=O)N3CCOCC3)c3sc4c(c32)CCC4)cc1. The molecule has 0 spiro atoms. The van der Waals surface area contributed by atoms with Gasteiger partial charge in [-0.3, -0.25) is 19.5 Å². The van der Waals surface area contributed by atoms with Crippen molar-refractivity contribution in [2.75, 3.05) is 44.3 Å². The van der Waals surface area contributed by atoms with E-state index in [2.05, 4.69) is 45.0 Å². The molecular weight excluding hydrogens is 434 g/mol. The Morgan fingerprint density at radius 3 is 2.55 bits per heavy atom. The van der Waals surface area contributed by atoms with Crippen molar-refractivity contribution in [2.24, 2.45) is 4.99 Å². The highest BCUT2D eigenvalue weighted by atomic mass is 32.1. The maximum Gasteiger partial charge on any atom is 0.249 e. The number of ether oxygens (including phenoxy) is 1. The summed E-state index contributed by atoms with van der Waals surface area (Å²) in [6, 6.07) is 8.58. The van der Waals surface area contributed by atoms with Gasteiger partial charge in [0.05, 0.1) is 18.9 Å². The van der Waals surface area contributed by atoms with Gasteiger partial charge >= 0.3 is 0 Å². The van der Waals surface area contributed by atoms with Crippen molar-refractivity contribution in [2.45, 2.75) is 45.4 Å². The van der Waals surface area contributed by atoms with Crippen molar-refractivity contribution < 1.29 is 14.3 Å². The summed E-state index contributed by atoms with van der Waals surface area (Å²) in [6.45, 7) is 9.00. The van der Waals surface area contributed by atoms with Crippen LogP contribution in [0, 0.1) is 0 Å². The van der Waals surface area contributed by atoms with Gasteiger partial charge < -0.3 is 9.64 Å². The maximum atomic E-state index is 13.2. The lowest BCUT2D eigenvalue weighted by Gasteiger charge is -2.29. The molecule has 1 aromatic carbocycles. The molecule has 1 aromatic heterocycles. The minimum absolute atomic E-state index is 0.0239. The van der Waals surface area contributed by atoms with Crippen molar-refractivity contribution in [3.8, 4) is 0 Å². The zero-order valence-electron chi connectivity index (χ0n) is 19.6. The Morgan fingerprint density at radius 1 is 1.12 bits per heavy atom. The maximum absolute atomic E-state index is 13.2. The van der Waals surface area contributed by atoms with E-state index in [1.165, 1.54) is 16.0 Å². The zero-order valence-corrected chi connectivity index (χ0v) is 20.5. The number of fused-ring (bicyclic) bond motifs is 3. The fraction of sp³-hybridized carbons (Fsp3) is 0.500. The summed E-state index contributed by atoms with van der Waals surface area (Å²) in [6.07, 6.45) is 3.16. The molecule has 7 heteroatoms. The predicted molar refractivity (Wildman–Crippen MR) is 132 cm³/mol. The highest BCUT2D eigenvalue weighted by molar-refractivity contribution is 7.17. The van der Waals surface area contributed by atoms with Crippen LogP contribution in [0.15, 0.2) is 29.3 Å². The number of hydrogen-bond acceptors (Lipinski definition) is 5. The van der Waals surface area contributed by atoms with Gasteiger partial charge in [0.25, 0.3) is 0 Å². The van der Waals surface area contributed by atoms with Crippen LogP contribution in [0.3, 0.4) is 0 Å². The van der Waals surface area contributed by atoms with Gasteiger partial charge in [0, 0.05) is 29.1 Å². The number of aryl methyl sites for hydroxylation is 1. The molecule has 6 nitrogen and oxygen atoms in total. The van der Waals surface area contributed by atoms with Gasteiger partial charge in [-0.2, -0.15) is 0 Å². The van der Waals surface area contributed by atoms with E-state index in [9.17, 15) is 9.59 Å². The summed E-state index contributed by atoms with van der Waals surface area (Å²) in [5, 5.41) is 0.891. The molecule has 3 heterocycles. The first kappa shape index (κ1) is 22.3. The van der Waals surface area contributed by atoms with Crippen LogP contribution >= 0.6 is 11.3 Å². The van der Waals surface area contributed by atoms with Crippen molar-refractivity contribution >= 4 is 33.9 Å². The van der Waals surface area contributed by atoms with E-state index in [0.29, 0.717) is 26.3 Å². The van der Waals surface area contributed by atoms with E-state index < -0.39 is 0 Å². The molecule has 5 rings (SSSR count). The monoisotopic (exact) mass is 465 g/mol. The molecule has 0 N–H and O–H groups in total. The third-order valence-electron chi connectivity index (χ3n) is 6.74. The number of amides is 2. The molecule has 0 atom stereocenters. The summed E-state index contributed by atoms with van der Waals surface area (Å²) in [7, 11) is 0. The van der Waals surface area contributed by atoms with Gasteiger partial charge in [-0.1, -0.05) is 45.0 Å². The number of carbonyl (C=O) groups is 2. The van der Waals surface area contributed by atoms with Crippen LogP contribution in [0.4, 0.5) is 5.00 Å². The zero-order chi connectivity index (χ0) is 23.2. The largest absolute Gasteiger partial charge is 0.378 e. The number of aliphatic imine (C=N–C) groups is 1. The van der Waals surface area contributed by atoms with E-state index in [1.54, 1.807) is 21.1 Å².